The van der Waals surface area contributed by atoms with Crippen molar-refractivity contribution in [1.82, 2.24) is 0 Å². The van der Waals surface area contributed by atoms with Crippen LogP contribution in [0.5, 0.6) is 0 Å². The molecular formula is C86H168O17P2. The van der Waals surface area contributed by atoms with E-state index >= 15 is 0 Å². The highest BCUT2D eigenvalue weighted by Gasteiger charge is 2.30. The molecule has 0 bridgehead atoms. The Hall–Kier alpha value is -1.94. The molecule has 2 unspecified atom stereocenters. The van der Waals surface area contributed by atoms with Crippen molar-refractivity contribution in [3.05, 3.63) is 0 Å². The van der Waals surface area contributed by atoms with Gasteiger partial charge in [0.25, 0.3) is 0 Å². The van der Waals surface area contributed by atoms with Crippen molar-refractivity contribution >= 4 is 39.5 Å². The monoisotopic (exact) mass is 1540 g/mol. The van der Waals surface area contributed by atoms with Crippen LogP contribution in [0.25, 0.3) is 0 Å². The Morgan fingerprint density at radius 1 is 0.229 bits per heavy atom. The van der Waals surface area contributed by atoms with E-state index in [-0.39, 0.29) is 25.7 Å². The van der Waals surface area contributed by atoms with Gasteiger partial charge < -0.3 is 33.8 Å². The van der Waals surface area contributed by atoms with Crippen LogP contribution in [0, 0.1) is 0 Å². The largest absolute Gasteiger partial charge is 0.472 e. The van der Waals surface area contributed by atoms with E-state index in [9.17, 15) is 43.2 Å². The zero-order valence-corrected chi connectivity index (χ0v) is 70.5. The Bertz CT molecular complexity index is 1980. The fourth-order valence-corrected chi connectivity index (χ4v) is 15.1. The number of aliphatic hydroxyl groups excluding tert-OH is 1. The van der Waals surface area contributed by atoms with Crippen LogP contribution in [0.4, 0.5) is 0 Å². The van der Waals surface area contributed by atoms with E-state index in [1.165, 1.54) is 302 Å². The molecule has 624 valence electrons. The molecule has 3 N–H and O–H groups in total. The van der Waals surface area contributed by atoms with Crippen LogP contribution in [0.1, 0.15) is 471 Å². The van der Waals surface area contributed by atoms with Crippen LogP contribution in [-0.2, 0) is 65.4 Å². The highest BCUT2D eigenvalue weighted by atomic mass is 31.2. The minimum atomic E-state index is -4.96. The maximum atomic E-state index is 13.1. The summed E-state index contributed by atoms with van der Waals surface area (Å²) in [6.45, 7) is 5.03. The number of phosphoric acid groups is 2. The highest BCUT2D eigenvalue weighted by molar-refractivity contribution is 7.47. The first-order chi connectivity index (χ1) is 51.2. The Kier molecular flexibility index (Phi) is 78.6. The SMILES string of the molecule is CCCCCCCCCCCCCCCCCCCCCCCCC(=O)O[C@H](COC(=O)CCCCCCCCCCCCCCCCCCCCCCC)COP(=O)(O)OC[C@@H](O)COP(=O)(O)OC[C@@H](COC(=O)CCCCCCCCCCC)OC(=O)CCCCCCCCCCCCCCC. The van der Waals surface area contributed by atoms with Crippen LogP contribution in [-0.4, -0.2) is 96.7 Å². The van der Waals surface area contributed by atoms with Gasteiger partial charge in [-0.2, -0.15) is 0 Å². The minimum absolute atomic E-state index is 0.108. The van der Waals surface area contributed by atoms with Gasteiger partial charge in [-0.1, -0.05) is 419 Å². The van der Waals surface area contributed by atoms with Crippen LogP contribution in [0.2, 0.25) is 0 Å². The molecule has 19 heteroatoms. The van der Waals surface area contributed by atoms with E-state index in [1.54, 1.807) is 0 Å². The lowest BCUT2D eigenvalue weighted by atomic mass is 10.0. The second kappa shape index (κ2) is 80.1. The molecule has 0 aromatic carbocycles. The Labute approximate surface area is 645 Å². The standard InChI is InChI=1S/C86H168O17P2/c1-5-9-13-17-21-25-28-31-33-35-37-39-41-43-45-47-50-53-57-61-65-69-73-86(91)103-82(77-97-84(89)71-67-63-59-55-51-49-46-44-42-40-38-36-34-32-29-26-22-18-14-10-6-2)79-101-105(94,95)99-75-80(87)74-98-104(92,93)100-78-81(76-96-83(88)70-66-62-58-54-24-20-16-12-8-4)102-85(90)72-68-64-60-56-52-48-30-27-23-19-15-11-7-3/h80-82,87H,5-79H2,1-4H3,(H,92,93)(H,94,95)/t80-,81+,82+/m0/s1. The summed E-state index contributed by atoms with van der Waals surface area (Å²) >= 11 is 0. The predicted molar refractivity (Wildman–Crippen MR) is 432 cm³/mol. The number of carbonyl (C=O) groups is 4. The molecule has 0 aliphatic rings. The summed E-state index contributed by atoms with van der Waals surface area (Å²) in [5.74, 6) is -2.10. The van der Waals surface area contributed by atoms with Crippen molar-refractivity contribution in [3.63, 3.8) is 0 Å². The molecule has 0 radical (unpaired) electrons. The summed E-state index contributed by atoms with van der Waals surface area (Å²) in [6.07, 6.45) is 75.2. The maximum Gasteiger partial charge on any atom is 0.472 e. The summed E-state index contributed by atoms with van der Waals surface area (Å²) in [5, 5.41) is 10.7. The van der Waals surface area contributed by atoms with Crippen LogP contribution < -0.4 is 0 Å². The van der Waals surface area contributed by atoms with Gasteiger partial charge >= 0.3 is 39.5 Å². The first-order valence-electron chi connectivity index (χ1n) is 44.8. The molecule has 0 rings (SSSR count). The van der Waals surface area contributed by atoms with E-state index in [0.29, 0.717) is 25.7 Å². The number of esters is 4. The molecule has 0 spiro atoms. The minimum Gasteiger partial charge on any atom is -0.462 e. The van der Waals surface area contributed by atoms with E-state index in [0.717, 1.165) is 89.9 Å². The van der Waals surface area contributed by atoms with Crippen molar-refractivity contribution in [2.75, 3.05) is 39.6 Å². The molecule has 0 aromatic heterocycles. The number of hydrogen-bond acceptors (Lipinski definition) is 15. The number of rotatable bonds is 87. The van der Waals surface area contributed by atoms with Crippen molar-refractivity contribution in [1.29, 1.82) is 0 Å². The molecule has 105 heavy (non-hydrogen) atoms. The summed E-state index contributed by atoms with van der Waals surface area (Å²) in [7, 11) is -9.92. The zero-order chi connectivity index (χ0) is 76.7. The van der Waals surface area contributed by atoms with Gasteiger partial charge in [0.2, 0.25) is 0 Å². The van der Waals surface area contributed by atoms with Crippen LogP contribution in [0.3, 0.4) is 0 Å². The Morgan fingerprint density at radius 2 is 0.381 bits per heavy atom. The second-order valence-corrected chi connectivity index (χ2v) is 33.8. The number of unbranched alkanes of at least 4 members (excludes halogenated alkanes) is 61. The normalized spacial score (nSPS) is 13.7. The van der Waals surface area contributed by atoms with E-state index in [1.807, 2.05) is 0 Å². The van der Waals surface area contributed by atoms with Crippen molar-refractivity contribution < 1.29 is 80.2 Å². The third kappa shape index (κ3) is 79.9. The smallest absolute Gasteiger partial charge is 0.462 e. The topological polar surface area (TPSA) is 237 Å². The van der Waals surface area contributed by atoms with E-state index < -0.39 is 97.5 Å². The number of hydrogen-bond donors (Lipinski definition) is 3. The molecule has 0 amide bonds. The van der Waals surface area contributed by atoms with Crippen molar-refractivity contribution in [3.8, 4) is 0 Å². The summed E-state index contributed by atoms with van der Waals surface area (Å²) in [5.41, 5.74) is 0. The zero-order valence-electron chi connectivity index (χ0n) is 68.7. The van der Waals surface area contributed by atoms with Gasteiger partial charge in [-0.25, -0.2) is 9.13 Å². The number of ether oxygens (including phenoxy) is 4. The van der Waals surface area contributed by atoms with Gasteiger partial charge in [0.05, 0.1) is 26.4 Å². The number of aliphatic hydroxyl groups is 1. The molecule has 0 aliphatic heterocycles. The molecule has 5 atom stereocenters. The van der Waals surface area contributed by atoms with Crippen molar-refractivity contribution in [2.45, 2.75) is 489 Å². The molecule has 0 fully saturated rings. The Balaban J connectivity index is 5.17. The lowest BCUT2D eigenvalue weighted by Crippen LogP contribution is -2.30. The van der Waals surface area contributed by atoms with Gasteiger partial charge in [0.1, 0.15) is 19.3 Å². The molecule has 0 aromatic rings. The van der Waals surface area contributed by atoms with Crippen LogP contribution >= 0.6 is 15.6 Å². The first-order valence-corrected chi connectivity index (χ1v) is 47.8. The van der Waals surface area contributed by atoms with Crippen LogP contribution in [0.15, 0.2) is 0 Å². The summed E-state index contributed by atoms with van der Waals surface area (Å²) in [4.78, 5) is 73.1. The highest BCUT2D eigenvalue weighted by Crippen LogP contribution is 2.45. The molecule has 0 heterocycles. The van der Waals surface area contributed by atoms with Gasteiger partial charge in [-0.05, 0) is 25.7 Å². The quantitative estimate of drug-likeness (QED) is 0.0222. The number of carbonyl (C=O) groups excluding carboxylic acids is 4. The summed E-state index contributed by atoms with van der Waals surface area (Å²) in [6, 6.07) is 0. The molecule has 0 saturated heterocycles. The maximum absolute atomic E-state index is 13.1. The average Bonchev–Trinajstić information content (AvgIpc) is 0.906. The third-order valence-corrected chi connectivity index (χ3v) is 22.3. The first kappa shape index (κ1) is 103. The fraction of sp³-hybridized carbons (Fsp3) is 0.953. The van der Waals surface area contributed by atoms with E-state index in [4.69, 9.17) is 37.0 Å². The molecule has 17 nitrogen and oxygen atoms in total. The second-order valence-electron chi connectivity index (χ2n) is 30.9. The fourth-order valence-electron chi connectivity index (χ4n) is 13.5. The Morgan fingerprint density at radius 3 is 0.562 bits per heavy atom. The lowest BCUT2D eigenvalue weighted by Gasteiger charge is -2.21. The van der Waals surface area contributed by atoms with Gasteiger partial charge in [-0.3, -0.25) is 37.3 Å². The number of phosphoric ester groups is 2. The average molecular weight is 1540 g/mol. The summed E-state index contributed by atoms with van der Waals surface area (Å²) < 4.78 is 68.8. The van der Waals surface area contributed by atoms with Gasteiger partial charge in [-0.15, -0.1) is 0 Å². The predicted octanol–water partition coefficient (Wildman–Crippen LogP) is 26.5. The van der Waals surface area contributed by atoms with Gasteiger partial charge in [0, 0.05) is 25.7 Å². The third-order valence-electron chi connectivity index (χ3n) is 20.4. The molecular weight excluding hydrogens is 1370 g/mol. The molecule has 0 aliphatic carbocycles. The van der Waals surface area contributed by atoms with Crippen molar-refractivity contribution in [2.24, 2.45) is 0 Å². The van der Waals surface area contributed by atoms with Gasteiger partial charge in [0.15, 0.2) is 12.2 Å². The van der Waals surface area contributed by atoms with E-state index in [2.05, 4.69) is 27.7 Å². The lowest BCUT2D eigenvalue weighted by molar-refractivity contribution is -0.161. The molecule has 0 saturated carbocycles.